The Morgan fingerprint density at radius 3 is 2.61 bits per heavy atom. The van der Waals surface area contributed by atoms with E-state index in [9.17, 15) is 12.8 Å². The quantitative estimate of drug-likeness (QED) is 0.678. The monoisotopic (exact) mass is 467 g/mol. The molecule has 6 rings (SSSR count). The SMILES string of the molecule is CC1(c2ccc(F)cc2)ON=C2C(=Cc3ccc4c(c3)CCN4S(C)(=O)=O)CC3(CC3)CN21. The van der Waals surface area contributed by atoms with Crippen LogP contribution in [0.25, 0.3) is 6.08 Å². The van der Waals surface area contributed by atoms with E-state index in [2.05, 4.69) is 22.2 Å². The van der Waals surface area contributed by atoms with Gasteiger partial charge in [-0.15, -0.1) is 0 Å². The molecule has 1 atom stereocenters. The molecular weight excluding hydrogens is 441 g/mol. The highest BCUT2D eigenvalue weighted by Gasteiger charge is 2.56. The Balaban J connectivity index is 1.35. The van der Waals surface area contributed by atoms with E-state index in [0.717, 1.165) is 46.8 Å². The average Bonchev–Trinajstić information content (AvgIpc) is 3.21. The third-order valence-electron chi connectivity index (χ3n) is 7.46. The summed E-state index contributed by atoms with van der Waals surface area (Å²) in [6, 6.07) is 12.4. The molecule has 0 amide bonds. The second-order valence-corrected chi connectivity index (χ2v) is 11.8. The van der Waals surface area contributed by atoms with E-state index in [0.29, 0.717) is 13.0 Å². The maximum absolute atomic E-state index is 13.5. The van der Waals surface area contributed by atoms with Gasteiger partial charge in [-0.05, 0) is 78.1 Å². The summed E-state index contributed by atoms with van der Waals surface area (Å²) in [5, 5.41) is 4.49. The molecule has 1 saturated carbocycles. The lowest BCUT2D eigenvalue weighted by Crippen LogP contribution is -2.50. The van der Waals surface area contributed by atoms with Crippen LogP contribution in [0.5, 0.6) is 0 Å². The normalized spacial score (nSPS) is 26.3. The van der Waals surface area contributed by atoms with Crippen LogP contribution in [0.2, 0.25) is 0 Å². The number of amidine groups is 1. The fourth-order valence-corrected chi connectivity index (χ4v) is 6.34. The van der Waals surface area contributed by atoms with Gasteiger partial charge in [0.25, 0.3) is 0 Å². The number of hydrogen-bond acceptors (Lipinski definition) is 5. The van der Waals surface area contributed by atoms with E-state index in [-0.39, 0.29) is 11.2 Å². The summed E-state index contributed by atoms with van der Waals surface area (Å²) in [5.41, 5.74) is 4.31. The third kappa shape index (κ3) is 3.34. The van der Waals surface area contributed by atoms with Crippen molar-refractivity contribution >= 4 is 27.6 Å². The molecule has 0 aromatic heterocycles. The van der Waals surface area contributed by atoms with Crippen LogP contribution >= 0.6 is 0 Å². The molecule has 2 aromatic carbocycles. The number of nitrogens with zero attached hydrogens (tertiary/aromatic N) is 3. The summed E-state index contributed by atoms with van der Waals surface area (Å²) in [4.78, 5) is 8.23. The van der Waals surface area contributed by atoms with Gasteiger partial charge in [0.2, 0.25) is 15.7 Å². The second kappa shape index (κ2) is 6.82. The van der Waals surface area contributed by atoms with Crippen LogP contribution in [0, 0.1) is 11.2 Å². The summed E-state index contributed by atoms with van der Waals surface area (Å²) in [6.07, 6.45) is 7.40. The van der Waals surface area contributed by atoms with Crippen LogP contribution in [0.1, 0.15) is 42.9 Å². The molecule has 1 aliphatic carbocycles. The first-order valence-corrected chi connectivity index (χ1v) is 13.1. The van der Waals surface area contributed by atoms with Crippen LogP contribution < -0.4 is 4.31 Å². The molecule has 1 spiro atoms. The number of benzene rings is 2. The number of sulfonamides is 1. The molecule has 2 fully saturated rings. The second-order valence-electron chi connectivity index (χ2n) is 9.90. The smallest absolute Gasteiger partial charge is 0.234 e. The summed E-state index contributed by atoms with van der Waals surface area (Å²) >= 11 is 0. The summed E-state index contributed by atoms with van der Waals surface area (Å²) in [5.74, 6) is 0.558. The molecule has 6 nitrogen and oxygen atoms in total. The number of fused-ring (bicyclic) bond motifs is 2. The van der Waals surface area contributed by atoms with E-state index >= 15 is 0 Å². The van der Waals surface area contributed by atoms with Crippen molar-refractivity contribution in [3.63, 3.8) is 0 Å². The lowest BCUT2D eigenvalue weighted by atomic mass is 9.86. The van der Waals surface area contributed by atoms with Crippen molar-refractivity contribution in [3.8, 4) is 0 Å². The first kappa shape index (κ1) is 20.7. The molecule has 33 heavy (non-hydrogen) atoms. The minimum atomic E-state index is -3.26. The first-order chi connectivity index (χ1) is 15.7. The lowest BCUT2D eigenvalue weighted by Gasteiger charge is -2.41. The van der Waals surface area contributed by atoms with Crippen molar-refractivity contribution in [1.82, 2.24) is 4.90 Å². The average molecular weight is 468 g/mol. The number of oxime groups is 1. The van der Waals surface area contributed by atoms with E-state index in [1.807, 2.05) is 19.1 Å². The van der Waals surface area contributed by atoms with E-state index in [4.69, 9.17) is 4.84 Å². The molecule has 172 valence electrons. The Morgan fingerprint density at radius 1 is 1.15 bits per heavy atom. The molecule has 0 bridgehead atoms. The van der Waals surface area contributed by atoms with Gasteiger partial charge in [0, 0.05) is 25.6 Å². The summed E-state index contributed by atoms with van der Waals surface area (Å²) in [7, 11) is -3.26. The van der Waals surface area contributed by atoms with Gasteiger partial charge in [-0.2, -0.15) is 0 Å². The number of anilines is 1. The highest BCUT2D eigenvalue weighted by molar-refractivity contribution is 7.92. The highest BCUT2D eigenvalue weighted by atomic mass is 32.2. The van der Waals surface area contributed by atoms with Gasteiger partial charge in [0.15, 0.2) is 5.84 Å². The molecule has 1 saturated heterocycles. The maximum atomic E-state index is 13.5. The van der Waals surface area contributed by atoms with Crippen molar-refractivity contribution in [3.05, 3.63) is 70.5 Å². The number of piperidine rings is 1. The van der Waals surface area contributed by atoms with E-state index in [1.165, 1.54) is 35.5 Å². The first-order valence-electron chi connectivity index (χ1n) is 11.3. The third-order valence-corrected chi connectivity index (χ3v) is 8.64. The topological polar surface area (TPSA) is 62.2 Å². The van der Waals surface area contributed by atoms with Gasteiger partial charge >= 0.3 is 0 Å². The van der Waals surface area contributed by atoms with Crippen LogP contribution in [-0.2, 0) is 27.0 Å². The maximum Gasteiger partial charge on any atom is 0.234 e. The minimum absolute atomic E-state index is 0.226. The van der Waals surface area contributed by atoms with Gasteiger partial charge in [-0.3, -0.25) is 4.31 Å². The molecular formula is C25H26FN3O3S. The van der Waals surface area contributed by atoms with Gasteiger partial charge in [0.05, 0.1) is 11.9 Å². The van der Waals surface area contributed by atoms with Crippen molar-refractivity contribution < 1.29 is 17.6 Å². The number of hydrogen-bond donors (Lipinski definition) is 0. The zero-order valence-corrected chi connectivity index (χ0v) is 19.5. The predicted molar refractivity (Wildman–Crippen MR) is 126 cm³/mol. The zero-order valence-electron chi connectivity index (χ0n) is 18.7. The molecule has 3 heterocycles. The molecule has 3 aliphatic heterocycles. The van der Waals surface area contributed by atoms with Crippen molar-refractivity contribution in [2.45, 2.75) is 38.3 Å². The van der Waals surface area contributed by atoms with Crippen molar-refractivity contribution in [1.29, 1.82) is 0 Å². The van der Waals surface area contributed by atoms with Crippen LogP contribution in [0.15, 0.2) is 53.2 Å². The van der Waals surface area contributed by atoms with Crippen molar-refractivity contribution in [2.75, 3.05) is 23.7 Å². The standard InChI is InChI=1S/C25H26FN3O3S/c1-24(20-4-6-21(26)7-5-20)28-16-25(10-11-25)15-19(23(28)27-32-24)14-17-3-8-22-18(13-17)9-12-29(22)33(2,30)31/h3-8,13-14H,9-12,15-16H2,1-2H3. The molecule has 2 aromatic rings. The van der Waals surface area contributed by atoms with E-state index < -0.39 is 15.7 Å². The molecule has 0 radical (unpaired) electrons. The molecule has 8 heteroatoms. The minimum Gasteiger partial charge on any atom is -0.360 e. The van der Waals surface area contributed by atoms with Gasteiger partial charge in [-0.1, -0.05) is 23.4 Å². The molecule has 1 unspecified atom stereocenters. The number of rotatable bonds is 3. The predicted octanol–water partition coefficient (Wildman–Crippen LogP) is 4.23. The Morgan fingerprint density at radius 2 is 1.91 bits per heavy atom. The van der Waals surface area contributed by atoms with Crippen LogP contribution in [0.3, 0.4) is 0 Å². The number of halogens is 1. The highest BCUT2D eigenvalue weighted by Crippen LogP contribution is 2.57. The molecule has 0 N–H and O–H groups in total. The molecule has 4 aliphatic rings. The zero-order chi connectivity index (χ0) is 23.0. The summed E-state index contributed by atoms with van der Waals surface area (Å²) in [6.45, 7) is 3.34. The largest absolute Gasteiger partial charge is 0.360 e. The fraction of sp³-hybridized carbons (Fsp3) is 0.400. The Bertz CT molecular complexity index is 1310. The van der Waals surface area contributed by atoms with E-state index in [1.54, 1.807) is 12.1 Å². The van der Waals surface area contributed by atoms with Gasteiger partial charge < -0.3 is 9.74 Å². The summed E-state index contributed by atoms with van der Waals surface area (Å²) < 4.78 is 39.1. The van der Waals surface area contributed by atoms with Crippen LogP contribution in [-0.4, -0.2) is 38.5 Å². The lowest BCUT2D eigenvalue weighted by molar-refractivity contribution is -0.0968. The van der Waals surface area contributed by atoms with Gasteiger partial charge in [-0.25, -0.2) is 12.8 Å². The Hall–Kier alpha value is -2.87. The van der Waals surface area contributed by atoms with Crippen molar-refractivity contribution in [2.24, 2.45) is 10.6 Å². The Labute approximate surface area is 193 Å². The fourth-order valence-electron chi connectivity index (χ4n) is 5.39. The van der Waals surface area contributed by atoms with Crippen LogP contribution in [0.4, 0.5) is 10.1 Å². The Kier molecular flexibility index (Phi) is 4.28. The van der Waals surface area contributed by atoms with Gasteiger partial charge in [0.1, 0.15) is 5.82 Å².